The second kappa shape index (κ2) is 5.89. The van der Waals surface area contributed by atoms with Crippen LogP contribution < -0.4 is 16.6 Å². The molecule has 0 unspecified atom stereocenters. The molecule has 1 aromatic carbocycles. The Bertz CT molecular complexity index is 1050. The number of hydrogen-bond acceptors (Lipinski definition) is 5. The molecule has 120 valence electrons. The normalized spacial score (nSPS) is 10.4. The lowest BCUT2D eigenvalue weighted by Crippen LogP contribution is -2.39. The van der Waals surface area contributed by atoms with Crippen molar-refractivity contribution in [2.75, 3.05) is 5.32 Å². The fraction of sp³-hybridized carbons (Fsp3) is 0.125. The van der Waals surface area contributed by atoms with Gasteiger partial charge < -0.3 is 5.32 Å². The van der Waals surface area contributed by atoms with Crippen molar-refractivity contribution in [3.05, 3.63) is 69.0 Å². The highest BCUT2D eigenvalue weighted by Crippen LogP contribution is 2.16. The van der Waals surface area contributed by atoms with Crippen LogP contribution in [0.25, 0.3) is 5.69 Å². The Kier molecular flexibility index (Phi) is 3.75. The van der Waals surface area contributed by atoms with Gasteiger partial charge in [0.1, 0.15) is 11.9 Å². The molecular weight excluding hydrogens is 308 g/mol. The summed E-state index contributed by atoms with van der Waals surface area (Å²) in [6.45, 7) is 0. The van der Waals surface area contributed by atoms with Gasteiger partial charge in [-0.3, -0.25) is 13.9 Å². The summed E-state index contributed by atoms with van der Waals surface area (Å²) in [7, 11) is 2.82. The van der Waals surface area contributed by atoms with Crippen molar-refractivity contribution in [3.8, 4) is 11.8 Å². The number of anilines is 2. The molecule has 2 heterocycles. The first-order valence-corrected chi connectivity index (χ1v) is 7.11. The van der Waals surface area contributed by atoms with E-state index < -0.39 is 11.2 Å². The van der Waals surface area contributed by atoms with Crippen molar-refractivity contribution < 1.29 is 0 Å². The van der Waals surface area contributed by atoms with E-state index in [2.05, 4.69) is 10.4 Å². The number of rotatable bonds is 3. The zero-order valence-electron chi connectivity index (χ0n) is 13.1. The molecule has 3 rings (SSSR count). The summed E-state index contributed by atoms with van der Waals surface area (Å²) in [6, 6.07) is 13.0. The largest absolute Gasteiger partial charge is 0.332 e. The molecule has 0 amide bonds. The third-order valence-electron chi connectivity index (χ3n) is 3.63. The molecule has 0 aliphatic carbocycles. The number of nitrogens with zero attached hydrogens (tertiary/aromatic N) is 5. The monoisotopic (exact) mass is 322 g/mol. The highest BCUT2D eigenvalue weighted by Gasteiger charge is 2.16. The van der Waals surface area contributed by atoms with Gasteiger partial charge in [-0.1, -0.05) is 18.2 Å². The molecular formula is C16H14N6O2. The number of hydrogen-bond donors (Lipinski definition) is 1. The van der Waals surface area contributed by atoms with Gasteiger partial charge in [-0.25, -0.2) is 9.48 Å². The second-order valence-electron chi connectivity index (χ2n) is 5.15. The van der Waals surface area contributed by atoms with E-state index in [4.69, 9.17) is 0 Å². The summed E-state index contributed by atoms with van der Waals surface area (Å²) in [5.41, 5.74) is -0.452. The average Bonchev–Trinajstić information content (AvgIpc) is 3.07. The topological polar surface area (TPSA) is 97.6 Å². The summed E-state index contributed by atoms with van der Waals surface area (Å²) in [5, 5.41) is 16.5. The zero-order chi connectivity index (χ0) is 17.3. The first-order valence-electron chi connectivity index (χ1n) is 7.11. The summed E-state index contributed by atoms with van der Waals surface area (Å²) in [5.74, 6) is 0.530. The van der Waals surface area contributed by atoms with Gasteiger partial charge >= 0.3 is 5.69 Å². The Morgan fingerprint density at radius 1 is 1.08 bits per heavy atom. The maximum absolute atomic E-state index is 12.1. The van der Waals surface area contributed by atoms with E-state index in [9.17, 15) is 14.9 Å². The molecule has 0 spiro atoms. The van der Waals surface area contributed by atoms with Gasteiger partial charge in [0.2, 0.25) is 0 Å². The van der Waals surface area contributed by atoms with E-state index in [1.165, 1.54) is 18.7 Å². The smallest absolute Gasteiger partial charge is 0.323 e. The highest BCUT2D eigenvalue weighted by molar-refractivity contribution is 5.59. The minimum Gasteiger partial charge on any atom is -0.323 e. The minimum absolute atomic E-state index is 0.115. The number of benzene rings is 1. The quantitative estimate of drug-likeness (QED) is 0.772. The van der Waals surface area contributed by atoms with E-state index in [1.807, 2.05) is 36.4 Å². The first kappa shape index (κ1) is 15.3. The lowest BCUT2D eigenvalue weighted by atomic mass is 10.3. The lowest BCUT2D eigenvalue weighted by Gasteiger charge is -2.11. The molecule has 1 N–H and O–H groups in total. The molecule has 8 nitrogen and oxygen atoms in total. The van der Waals surface area contributed by atoms with Gasteiger partial charge in [0.25, 0.3) is 5.56 Å². The molecule has 0 radical (unpaired) electrons. The van der Waals surface area contributed by atoms with Crippen LogP contribution in [-0.4, -0.2) is 18.9 Å². The fourth-order valence-corrected chi connectivity index (χ4v) is 2.33. The summed E-state index contributed by atoms with van der Waals surface area (Å²) in [4.78, 5) is 24.1. The van der Waals surface area contributed by atoms with Crippen LogP contribution in [0.15, 0.2) is 52.2 Å². The Morgan fingerprint density at radius 3 is 2.46 bits per heavy atom. The first-order chi connectivity index (χ1) is 11.5. The second-order valence-corrected chi connectivity index (χ2v) is 5.15. The maximum Gasteiger partial charge on any atom is 0.332 e. The molecule has 0 atom stereocenters. The third kappa shape index (κ3) is 2.48. The van der Waals surface area contributed by atoms with Crippen LogP contribution >= 0.6 is 0 Å². The van der Waals surface area contributed by atoms with Gasteiger partial charge in [0.15, 0.2) is 11.4 Å². The van der Waals surface area contributed by atoms with Crippen molar-refractivity contribution in [1.82, 2.24) is 18.9 Å². The SMILES string of the molecule is Cn1c(Nc2ccn(-c3ccccc3)n2)c(C#N)c(=O)n(C)c1=O. The van der Waals surface area contributed by atoms with Crippen molar-refractivity contribution in [3.63, 3.8) is 0 Å². The number of aromatic nitrogens is 4. The van der Waals surface area contributed by atoms with Crippen LogP contribution in [0.4, 0.5) is 11.6 Å². The minimum atomic E-state index is -0.648. The van der Waals surface area contributed by atoms with Crippen LogP contribution in [0.2, 0.25) is 0 Å². The molecule has 3 aromatic rings. The van der Waals surface area contributed by atoms with Crippen LogP contribution in [0.1, 0.15) is 5.56 Å². The van der Waals surface area contributed by atoms with Gasteiger partial charge in [0, 0.05) is 26.4 Å². The van der Waals surface area contributed by atoms with E-state index in [0.717, 1.165) is 10.3 Å². The third-order valence-corrected chi connectivity index (χ3v) is 3.63. The number of nitrogens with one attached hydrogen (secondary N) is 1. The predicted octanol–water partition coefficient (Wildman–Crippen LogP) is 0.885. The highest BCUT2D eigenvalue weighted by atomic mass is 16.2. The molecule has 0 bridgehead atoms. The van der Waals surface area contributed by atoms with E-state index in [1.54, 1.807) is 16.9 Å². The van der Waals surface area contributed by atoms with Crippen LogP contribution in [0.3, 0.4) is 0 Å². The van der Waals surface area contributed by atoms with E-state index >= 15 is 0 Å². The van der Waals surface area contributed by atoms with Crippen molar-refractivity contribution in [1.29, 1.82) is 5.26 Å². The Labute approximate surface area is 136 Å². The van der Waals surface area contributed by atoms with Crippen LogP contribution in [0.5, 0.6) is 0 Å². The maximum atomic E-state index is 12.1. The van der Waals surface area contributed by atoms with Crippen LogP contribution in [-0.2, 0) is 14.1 Å². The standard InChI is InChI=1S/C16H14N6O2/c1-20-14(12(10-17)15(23)21(2)16(20)24)18-13-8-9-22(19-13)11-6-4-3-5-7-11/h3-9H,1-2H3,(H,18,19). The Balaban J connectivity index is 2.05. The molecule has 0 saturated carbocycles. The van der Waals surface area contributed by atoms with Gasteiger partial charge in [-0.2, -0.15) is 10.4 Å². The van der Waals surface area contributed by atoms with Gasteiger partial charge in [0.05, 0.1) is 5.69 Å². The van der Waals surface area contributed by atoms with Crippen LogP contribution in [0, 0.1) is 11.3 Å². The fourth-order valence-electron chi connectivity index (χ4n) is 2.33. The van der Waals surface area contributed by atoms with Gasteiger partial charge in [-0.05, 0) is 12.1 Å². The molecule has 0 aliphatic rings. The average molecular weight is 322 g/mol. The summed E-state index contributed by atoms with van der Waals surface area (Å²) >= 11 is 0. The van der Waals surface area contributed by atoms with E-state index in [-0.39, 0.29) is 11.4 Å². The van der Waals surface area contributed by atoms with Crippen molar-refractivity contribution >= 4 is 11.6 Å². The van der Waals surface area contributed by atoms with Crippen molar-refractivity contribution in [2.24, 2.45) is 14.1 Å². The number of nitriles is 1. The van der Waals surface area contributed by atoms with E-state index in [0.29, 0.717) is 5.82 Å². The summed E-state index contributed by atoms with van der Waals surface area (Å²) in [6.07, 6.45) is 1.74. The lowest BCUT2D eigenvalue weighted by molar-refractivity contribution is 0.688. The zero-order valence-corrected chi connectivity index (χ0v) is 13.1. The molecule has 0 saturated heterocycles. The number of para-hydroxylation sites is 1. The predicted molar refractivity (Wildman–Crippen MR) is 88.5 cm³/mol. The Hall–Kier alpha value is -3.60. The molecule has 8 heteroatoms. The molecule has 24 heavy (non-hydrogen) atoms. The van der Waals surface area contributed by atoms with Gasteiger partial charge in [-0.15, -0.1) is 0 Å². The summed E-state index contributed by atoms with van der Waals surface area (Å²) < 4.78 is 3.75. The molecule has 0 aliphatic heterocycles. The Morgan fingerprint density at radius 2 is 1.79 bits per heavy atom. The van der Waals surface area contributed by atoms with Crippen molar-refractivity contribution in [2.45, 2.75) is 0 Å². The molecule has 2 aromatic heterocycles. The molecule has 0 fully saturated rings.